The van der Waals surface area contributed by atoms with E-state index >= 15 is 0 Å². The lowest BCUT2D eigenvalue weighted by molar-refractivity contribution is -0.144. The van der Waals surface area contributed by atoms with Crippen LogP contribution < -0.4 is 5.32 Å². The van der Waals surface area contributed by atoms with Crippen LogP contribution >= 0.6 is 27.3 Å². The predicted molar refractivity (Wildman–Crippen MR) is 95.0 cm³/mol. The van der Waals surface area contributed by atoms with E-state index in [4.69, 9.17) is 4.74 Å². The lowest BCUT2D eigenvalue weighted by atomic mass is 10.2. The molecule has 0 radical (unpaired) electrons. The van der Waals surface area contributed by atoms with Gasteiger partial charge in [0.15, 0.2) is 6.61 Å². The standard InChI is InChI=1S/C17H16BrNO3S/c1-12(15-7-4-10-23-15)19-16(20)11-22-17(21)9-8-13-5-2-3-6-14(13)18/h2-10,12H,11H2,1H3,(H,19,20)/b9-8+/t12-/m0/s1. The van der Waals surface area contributed by atoms with Crippen molar-refractivity contribution in [1.29, 1.82) is 0 Å². The van der Waals surface area contributed by atoms with Crippen molar-refractivity contribution in [1.82, 2.24) is 5.32 Å². The van der Waals surface area contributed by atoms with E-state index in [0.29, 0.717) is 0 Å². The molecule has 120 valence electrons. The van der Waals surface area contributed by atoms with Crippen molar-refractivity contribution in [2.75, 3.05) is 6.61 Å². The molecule has 0 aliphatic heterocycles. The fraction of sp³-hybridized carbons (Fsp3) is 0.176. The van der Waals surface area contributed by atoms with Gasteiger partial charge in [0, 0.05) is 15.4 Å². The summed E-state index contributed by atoms with van der Waals surface area (Å²) in [5, 5.41) is 4.73. The van der Waals surface area contributed by atoms with E-state index in [1.165, 1.54) is 6.08 Å². The van der Waals surface area contributed by atoms with Gasteiger partial charge in [-0.25, -0.2) is 4.79 Å². The van der Waals surface area contributed by atoms with Crippen LogP contribution in [0.15, 0.2) is 52.3 Å². The van der Waals surface area contributed by atoms with Gasteiger partial charge in [0.05, 0.1) is 6.04 Å². The zero-order valence-corrected chi connectivity index (χ0v) is 14.9. The molecule has 23 heavy (non-hydrogen) atoms. The van der Waals surface area contributed by atoms with Gasteiger partial charge in [0.25, 0.3) is 5.91 Å². The van der Waals surface area contributed by atoms with Crippen molar-refractivity contribution in [3.63, 3.8) is 0 Å². The second kappa shape index (κ2) is 8.64. The first kappa shape index (κ1) is 17.4. The minimum atomic E-state index is -0.556. The first-order valence-corrected chi connectivity index (χ1v) is 8.65. The highest BCUT2D eigenvalue weighted by molar-refractivity contribution is 9.10. The molecule has 1 amide bonds. The maximum Gasteiger partial charge on any atom is 0.331 e. The molecule has 2 rings (SSSR count). The first-order valence-electron chi connectivity index (χ1n) is 6.98. The van der Waals surface area contributed by atoms with Crippen LogP contribution in [-0.2, 0) is 14.3 Å². The number of benzene rings is 1. The summed E-state index contributed by atoms with van der Waals surface area (Å²) >= 11 is 4.95. The van der Waals surface area contributed by atoms with Crippen LogP contribution in [-0.4, -0.2) is 18.5 Å². The minimum absolute atomic E-state index is 0.1000. The van der Waals surface area contributed by atoms with Gasteiger partial charge in [0.2, 0.25) is 0 Å². The molecule has 1 N–H and O–H groups in total. The summed E-state index contributed by atoms with van der Waals surface area (Å²) < 4.78 is 5.82. The SMILES string of the molecule is C[C@H](NC(=O)COC(=O)/C=C/c1ccccc1Br)c1cccs1. The fourth-order valence-electron chi connectivity index (χ4n) is 1.84. The molecular formula is C17H16BrNO3S. The number of ether oxygens (including phenoxy) is 1. The molecule has 1 aromatic carbocycles. The summed E-state index contributed by atoms with van der Waals surface area (Å²) in [6.07, 6.45) is 2.94. The molecule has 0 fully saturated rings. The Labute approximate surface area is 147 Å². The quantitative estimate of drug-likeness (QED) is 0.597. The highest BCUT2D eigenvalue weighted by atomic mass is 79.9. The third kappa shape index (κ3) is 5.65. The molecule has 2 aromatic rings. The summed E-state index contributed by atoms with van der Waals surface area (Å²) in [5.41, 5.74) is 0.861. The van der Waals surface area contributed by atoms with E-state index in [9.17, 15) is 9.59 Å². The van der Waals surface area contributed by atoms with Crippen molar-refractivity contribution < 1.29 is 14.3 Å². The Hall–Kier alpha value is -1.92. The molecule has 1 aromatic heterocycles. The van der Waals surface area contributed by atoms with E-state index < -0.39 is 5.97 Å². The van der Waals surface area contributed by atoms with Gasteiger partial charge < -0.3 is 10.1 Å². The normalized spacial score (nSPS) is 12.1. The van der Waals surface area contributed by atoms with Crippen molar-refractivity contribution in [2.45, 2.75) is 13.0 Å². The average molecular weight is 394 g/mol. The monoisotopic (exact) mass is 393 g/mol. The lowest BCUT2D eigenvalue weighted by Gasteiger charge is -2.11. The van der Waals surface area contributed by atoms with Crippen LogP contribution in [0.2, 0.25) is 0 Å². The molecule has 6 heteroatoms. The number of hydrogen-bond acceptors (Lipinski definition) is 4. The van der Waals surface area contributed by atoms with Crippen LogP contribution in [0.5, 0.6) is 0 Å². The number of thiophene rings is 1. The van der Waals surface area contributed by atoms with Gasteiger partial charge >= 0.3 is 5.97 Å². The second-order valence-corrected chi connectivity index (χ2v) is 6.60. The van der Waals surface area contributed by atoms with Crippen LogP contribution in [0.4, 0.5) is 0 Å². The number of nitrogens with one attached hydrogen (secondary N) is 1. The molecule has 0 aliphatic rings. The maximum absolute atomic E-state index is 11.8. The highest BCUT2D eigenvalue weighted by Gasteiger charge is 2.11. The number of carbonyl (C=O) groups is 2. The van der Waals surface area contributed by atoms with Crippen LogP contribution in [0.3, 0.4) is 0 Å². The Bertz CT molecular complexity index is 698. The Morgan fingerprint density at radius 1 is 1.30 bits per heavy atom. The Morgan fingerprint density at radius 2 is 2.09 bits per heavy atom. The summed E-state index contributed by atoms with van der Waals surface area (Å²) in [6, 6.07) is 11.3. The Kier molecular flexibility index (Phi) is 6.55. The average Bonchev–Trinajstić information content (AvgIpc) is 3.06. The maximum atomic E-state index is 11.8. The summed E-state index contributed by atoms with van der Waals surface area (Å²) in [6.45, 7) is 1.59. The molecule has 0 spiro atoms. The van der Waals surface area contributed by atoms with E-state index in [1.807, 2.05) is 48.7 Å². The van der Waals surface area contributed by atoms with Gasteiger partial charge in [-0.2, -0.15) is 0 Å². The highest BCUT2D eigenvalue weighted by Crippen LogP contribution is 2.18. The zero-order chi connectivity index (χ0) is 16.7. The third-order valence-corrected chi connectivity index (χ3v) is 4.77. The van der Waals surface area contributed by atoms with Gasteiger partial charge in [-0.05, 0) is 36.1 Å². The number of hydrogen-bond donors (Lipinski definition) is 1. The number of carbonyl (C=O) groups excluding carboxylic acids is 2. The first-order chi connectivity index (χ1) is 11.1. The molecule has 0 saturated heterocycles. The summed E-state index contributed by atoms with van der Waals surface area (Å²) in [7, 11) is 0. The van der Waals surface area contributed by atoms with Gasteiger partial charge in [-0.1, -0.05) is 40.2 Å². The zero-order valence-electron chi connectivity index (χ0n) is 12.5. The predicted octanol–water partition coefficient (Wildman–Crippen LogP) is 3.94. The van der Waals surface area contributed by atoms with Crippen molar-refractivity contribution in [3.05, 3.63) is 62.8 Å². The van der Waals surface area contributed by atoms with Crippen molar-refractivity contribution >= 4 is 45.2 Å². The molecule has 0 unspecified atom stereocenters. The lowest BCUT2D eigenvalue weighted by Crippen LogP contribution is -2.30. The molecule has 0 saturated carbocycles. The fourth-order valence-corrected chi connectivity index (χ4v) is 3.00. The number of rotatable bonds is 6. The van der Waals surface area contributed by atoms with Crippen LogP contribution in [0, 0.1) is 0 Å². The molecule has 1 heterocycles. The molecule has 4 nitrogen and oxygen atoms in total. The molecule has 1 atom stereocenters. The van der Waals surface area contributed by atoms with E-state index in [0.717, 1.165) is 14.9 Å². The topological polar surface area (TPSA) is 55.4 Å². The third-order valence-electron chi connectivity index (χ3n) is 3.00. The molecular weight excluding hydrogens is 378 g/mol. The van der Waals surface area contributed by atoms with Crippen LogP contribution in [0.1, 0.15) is 23.4 Å². The second-order valence-electron chi connectivity index (χ2n) is 4.77. The van der Waals surface area contributed by atoms with Crippen molar-refractivity contribution in [3.8, 4) is 0 Å². The number of esters is 1. The Balaban J connectivity index is 1.78. The van der Waals surface area contributed by atoms with Gasteiger partial charge in [-0.15, -0.1) is 11.3 Å². The van der Waals surface area contributed by atoms with Gasteiger partial charge in [-0.3, -0.25) is 4.79 Å². The van der Waals surface area contributed by atoms with E-state index in [2.05, 4.69) is 21.2 Å². The van der Waals surface area contributed by atoms with Gasteiger partial charge in [0.1, 0.15) is 0 Å². The smallest absolute Gasteiger partial charge is 0.331 e. The molecule has 0 bridgehead atoms. The Morgan fingerprint density at radius 3 is 2.78 bits per heavy atom. The summed E-state index contributed by atoms with van der Waals surface area (Å²) in [4.78, 5) is 24.5. The minimum Gasteiger partial charge on any atom is -0.452 e. The summed E-state index contributed by atoms with van der Waals surface area (Å²) in [5.74, 6) is -0.881. The van der Waals surface area contributed by atoms with Crippen molar-refractivity contribution in [2.24, 2.45) is 0 Å². The number of amides is 1. The van der Waals surface area contributed by atoms with Crippen LogP contribution in [0.25, 0.3) is 6.08 Å². The molecule has 0 aliphatic carbocycles. The van der Waals surface area contributed by atoms with E-state index in [1.54, 1.807) is 17.4 Å². The van der Waals surface area contributed by atoms with E-state index in [-0.39, 0.29) is 18.6 Å². The largest absolute Gasteiger partial charge is 0.452 e. The number of halogens is 1.